The number of ether oxygens (including phenoxy) is 1. The van der Waals surface area contributed by atoms with Crippen molar-refractivity contribution in [3.05, 3.63) is 0 Å². The van der Waals surface area contributed by atoms with Crippen molar-refractivity contribution < 1.29 is 14.3 Å². The van der Waals surface area contributed by atoms with Crippen molar-refractivity contribution in [1.29, 1.82) is 0 Å². The van der Waals surface area contributed by atoms with Gasteiger partial charge in [0.2, 0.25) is 0 Å². The summed E-state index contributed by atoms with van der Waals surface area (Å²) in [5.41, 5.74) is 0. The van der Waals surface area contributed by atoms with Crippen LogP contribution in [0.15, 0.2) is 0 Å². The van der Waals surface area contributed by atoms with Crippen LogP contribution in [-0.4, -0.2) is 87.0 Å². The van der Waals surface area contributed by atoms with Crippen molar-refractivity contribution in [2.45, 2.75) is 0 Å². The van der Waals surface area contributed by atoms with Gasteiger partial charge in [-0.15, -0.1) is 0 Å². The van der Waals surface area contributed by atoms with Gasteiger partial charge in [0.05, 0.1) is 7.11 Å². The highest BCUT2D eigenvalue weighted by Gasteiger charge is 2.26. The maximum Gasteiger partial charge on any atom is 0.396 e. The minimum atomic E-state index is -0.772. The molecule has 0 saturated carbocycles. The molecule has 1 heterocycles. The number of carbonyl (C=O) groups excluding carboxylic acids is 2. The number of hydrogen-bond acceptors (Lipinski definition) is 5. The molecule has 6 heteroatoms. The molecule has 6 nitrogen and oxygen atoms in total. The Morgan fingerprint density at radius 1 is 1.18 bits per heavy atom. The van der Waals surface area contributed by atoms with Gasteiger partial charge in [0.15, 0.2) is 0 Å². The van der Waals surface area contributed by atoms with E-state index in [1.807, 2.05) is 14.1 Å². The van der Waals surface area contributed by atoms with Gasteiger partial charge >= 0.3 is 11.9 Å². The van der Waals surface area contributed by atoms with Crippen molar-refractivity contribution in [3.63, 3.8) is 0 Å². The Balaban J connectivity index is 2.30. The second kappa shape index (κ2) is 6.56. The molecule has 0 aromatic carbocycles. The van der Waals surface area contributed by atoms with E-state index < -0.39 is 11.9 Å². The van der Waals surface area contributed by atoms with Crippen LogP contribution in [-0.2, 0) is 14.3 Å². The van der Waals surface area contributed by atoms with Crippen LogP contribution in [0, 0.1) is 0 Å². The zero-order valence-corrected chi connectivity index (χ0v) is 10.8. The first-order valence-corrected chi connectivity index (χ1v) is 5.79. The lowest BCUT2D eigenvalue weighted by Crippen LogP contribution is -2.51. The van der Waals surface area contributed by atoms with Gasteiger partial charge in [-0.3, -0.25) is 9.69 Å². The Labute approximate surface area is 102 Å². The van der Waals surface area contributed by atoms with Crippen LogP contribution in [0.2, 0.25) is 0 Å². The third-order valence-corrected chi connectivity index (χ3v) is 2.88. The number of carbonyl (C=O) groups is 2. The number of esters is 1. The van der Waals surface area contributed by atoms with Crippen LogP contribution >= 0.6 is 0 Å². The standard InChI is InChI=1S/C11H21N3O3/c1-12(2)4-5-13-6-8-14(9-7-13)10(15)11(16)17-3/h4-9H2,1-3H3. The van der Waals surface area contributed by atoms with Crippen molar-refractivity contribution in [1.82, 2.24) is 14.7 Å². The van der Waals surface area contributed by atoms with Gasteiger partial charge in [0.25, 0.3) is 0 Å². The Morgan fingerprint density at radius 3 is 2.24 bits per heavy atom. The highest BCUT2D eigenvalue weighted by atomic mass is 16.5. The van der Waals surface area contributed by atoms with E-state index in [1.165, 1.54) is 7.11 Å². The molecule has 98 valence electrons. The summed E-state index contributed by atoms with van der Waals surface area (Å²) in [5, 5.41) is 0. The summed E-state index contributed by atoms with van der Waals surface area (Å²) in [7, 11) is 5.31. The van der Waals surface area contributed by atoms with Gasteiger partial charge in [0, 0.05) is 39.3 Å². The van der Waals surface area contributed by atoms with Crippen LogP contribution in [0.3, 0.4) is 0 Å². The number of rotatable bonds is 3. The van der Waals surface area contributed by atoms with Gasteiger partial charge in [0.1, 0.15) is 0 Å². The van der Waals surface area contributed by atoms with Crippen LogP contribution in [0.1, 0.15) is 0 Å². The first-order chi connectivity index (χ1) is 8.04. The van der Waals surface area contributed by atoms with Crippen LogP contribution < -0.4 is 0 Å². The Bertz CT molecular complexity index is 273. The SMILES string of the molecule is COC(=O)C(=O)N1CCN(CCN(C)C)CC1. The second-order valence-electron chi connectivity index (χ2n) is 4.43. The van der Waals surface area contributed by atoms with Gasteiger partial charge in [-0.1, -0.05) is 0 Å². The number of methoxy groups -OCH3 is 1. The van der Waals surface area contributed by atoms with Gasteiger partial charge in [-0.2, -0.15) is 0 Å². The average molecular weight is 243 g/mol. The molecule has 17 heavy (non-hydrogen) atoms. The van der Waals surface area contributed by atoms with E-state index in [0.29, 0.717) is 13.1 Å². The predicted octanol–water partition coefficient (Wildman–Crippen LogP) is -1.13. The minimum Gasteiger partial charge on any atom is -0.462 e. The predicted molar refractivity (Wildman–Crippen MR) is 63.6 cm³/mol. The second-order valence-corrected chi connectivity index (χ2v) is 4.43. The molecule has 0 bridgehead atoms. The lowest BCUT2D eigenvalue weighted by Gasteiger charge is -2.34. The van der Waals surface area contributed by atoms with Gasteiger partial charge in [-0.05, 0) is 14.1 Å². The fourth-order valence-electron chi connectivity index (χ4n) is 1.73. The van der Waals surface area contributed by atoms with Crippen molar-refractivity contribution in [2.24, 2.45) is 0 Å². The molecule has 0 aromatic rings. The molecule has 1 fully saturated rings. The molecule has 1 aliphatic heterocycles. The van der Waals surface area contributed by atoms with Gasteiger partial charge in [-0.25, -0.2) is 4.79 Å². The fraction of sp³-hybridized carbons (Fsp3) is 0.818. The van der Waals surface area contributed by atoms with E-state index in [9.17, 15) is 9.59 Å². The van der Waals surface area contributed by atoms with Crippen LogP contribution in [0.25, 0.3) is 0 Å². The molecule has 1 rings (SSSR count). The summed E-state index contributed by atoms with van der Waals surface area (Å²) in [4.78, 5) is 28.6. The molecule has 0 N–H and O–H groups in total. The average Bonchev–Trinajstić information content (AvgIpc) is 2.35. The highest BCUT2D eigenvalue weighted by molar-refractivity contribution is 6.32. The third-order valence-electron chi connectivity index (χ3n) is 2.88. The van der Waals surface area contributed by atoms with E-state index in [4.69, 9.17) is 0 Å². The molecule has 1 amide bonds. The monoisotopic (exact) mass is 243 g/mol. The smallest absolute Gasteiger partial charge is 0.396 e. The molecule has 0 atom stereocenters. The zero-order chi connectivity index (χ0) is 12.8. The van der Waals surface area contributed by atoms with Crippen molar-refractivity contribution in [2.75, 3.05) is 60.5 Å². The Hall–Kier alpha value is -1.14. The molecule has 1 saturated heterocycles. The molecule has 0 aromatic heterocycles. The molecule has 0 unspecified atom stereocenters. The topological polar surface area (TPSA) is 53.1 Å². The molecular formula is C11H21N3O3. The first kappa shape index (κ1) is 13.9. The molecular weight excluding hydrogens is 222 g/mol. The summed E-state index contributed by atoms with van der Waals surface area (Å²) >= 11 is 0. The number of hydrogen-bond donors (Lipinski definition) is 0. The minimum absolute atomic E-state index is 0.528. The van der Waals surface area contributed by atoms with Gasteiger partial charge < -0.3 is 14.5 Å². The largest absolute Gasteiger partial charge is 0.462 e. The summed E-state index contributed by atoms with van der Waals surface area (Å²) in [6.07, 6.45) is 0. The van der Waals surface area contributed by atoms with E-state index in [-0.39, 0.29) is 0 Å². The summed E-state index contributed by atoms with van der Waals surface area (Å²) in [5.74, 6) is -1.30. The molecule has 0 aliphatic carbocycles. The van der Waals surface area contributed by atoms with E-state index in [2.05, 4.69) is 14.5 Å². The van der Waals surface area contributed by atoms with Crippen LogP contribution in [0.5, 0.6) is 0 Å². The fourth-order valence-corrected chi connectivity index (χ4v) is 1.73. The number of nitrogens with zero attached hydrogens (tertiary/aromatic N) is 3. The third kappa shape index (κ3) is 4.32. The summed E-state index contributed by atoms with van der Waals surface area (Å²) in [6.45, 7) is 4.83. The van der Waals surface area contributed by atoms with Crippen LogP contribution in [0.4, 0.5) is 0 Å². The maximum atomic E-state index is 11.5. The highest BCUT2D eigenvalue weighted by Crippen LogP contribution is 2.02. The normalized spacial score (nSPS) is 17.3. The summed E-state index contributed by atoms with van der Waals surface area (Å²) < 4.78 is 4.42. The number of piperazine rings is 1. The first-order valence-electron chi connectivity index (χ1n) is 5.79. The Morgan fingerprint density at radius 2 is 1.76 bits per heavy atom. The quantitative estimate of drug-likeness (QED) is 0.463. The molecule has 0 radical (unpaired) electrons. The number of likely N-dealkylation sites (N-methyl/N-ethyl adjacent to an activating group) is 1. The Kier molecular flexibility index (Phi) is 5.37. The van der Waals surface area contributed by atoms with E-state index in [1.54, 1.807) is 4.90 Å². The lowest BCUT2D eigenvalue weighted by molar-refractivity contribution is -0.159. The van der Waals surface area contributed by atoms with E-state index >= 15 is 0 Å². The van der Waals surface area contributed by atoms with Crippen molar-refractivity contribution >= 4 is 11.9 Å². The molecule has 0 spiro atoms. The maximum absolute atomic E-state index is 11.5. The van der Waals surface area contributed by atoms with Crippen molar-refractivity contribution in [3.8, 4) is 0 Å². The number of amides is 1. The lowest BCUT2D eigenvalue weighted by atomic mass is 10.3. The summed E-state index contributed by atoms with van der Waals surface area (Å²) in [6, 6.07) is 0. The van der Waals surface area contributed by atoms with E-state index in [0.717, 1.165) is 26.2 Å². The molecule has 1 aliphatic rings. The zero-order valence-electron chi connectivity index (χ0n) is 10.8.